The third kappa shape index (κ3) is 3.85. The van der Waals surface area contributed by atoms with Crippen molar-refractivity contribution < 1.29 is 4.42 Å². The largest absolute Gasteiger partial charge is 0.455 e. The van der Waals surface area contributed by atoms with Gasteiger partial charge in [0.2, 0.25) is 0 Å². The average Bonchev–Trinajstić information content (AvgIpc) is 3.82. The Balaban J connectivity index is 1.15. The standard InChI is InChI=1S/C43H27N3O/c1-3-12-30(13-4-1)41-40(44-38-20-9-10-27-45(38)41)29-23-21-28(22-24-29)32-17-11-18-33-34-25-26-37-39(43(34)47-42(32)33)35-16-7-8-19-36(35)46(37)31-14-5-2-6-15-31/h1-27H. The number of benzene rings is 6. The second-order valence-corrected chi connectivity index (χ2v) is 12.0. The Morgan fingerprint density at radius 2 is 1.17 bits per heavy atom. The third-order valence-corrected chi connectivity index (χ3v) is 9.36. The van der Waals surface area contributed by atoms with Crippen LogP contribution < -0.4 is 0 Å². The summed E-state index contributed by atoms with van der Waals surface area (Å²) in [5.41, 5.74) is 12.6. The van der Waals surface area contributed by atoms with Gasteiger partial charge in [-0.1, -0.05) is 115 Å². The Morgan fingerprint density at radius 1 is 0.468 bits per heavy atom. The molecule has 0 unspecified atom stereocenters. The SMILES string of the molecule is c1ccc(-c2c(-c3ccc(-c4cccc5c4oc4c5ccc5c4c4ccccc4n5-c4ccccc4)cc3)nc3ccccn23)cc1. The zero-order valence-corrected chi connectivity index (χ0v) is 25.3. The van der Waals surface area contributed by atoms with Gasteiger partial charge in [-0.25, -0.2) is 4.98 Å². The predicted octanol–water partition coefficient (Wildman–Crippen LogP) is 11.3. The molecule has 220 valence electrons. The maximum Gasteiger partial charge on any atom is 0.145 e. The number of aromatic nitrogens is 3. The maximum atomic E-state index is 6.91. The van der Waals surface area contributed by atoms with Crippen molar-refractivity contribution >= 4 is 49.4 Å². The Morgan fingerprint density at radius 3 is 2.02 bits per heavy atom. The van der Waals surface area contributed by atoms with E-state index in [1.54, 1.807) is 0 Å². The minimum absolute atomic E-state index is 0.900. The second-order valence-electron chi connectivity index (χ2n) is 12.0. The number of pyridine rings is 1. The van der Waals surface area contributed by atoms with Gasteiger partial charge in [-0.05, 0) is 48.0 Å². The highest BCUT2D eigenvalue weighted by atomic mass is 16.3. The molecule has 0 radical (unpaired) electrons. The number of nitrogens with zero attached hydrogens (tertiary/aromatic N) is 3. The van der Waals surface area contributed by atoms with Crippen molar-refractivity contribution in [3.63, 3.8) is 0 Å². The molecule has 0 saturated carbocycles. The molecule has 0 spiro atoms. The highest BCUT2D eigenvalue weighted by Gasteiger charge is 2.20. The molecule has 0 bridgehead atoms. The van der Waals surface area contributed by atoms with Gasteiger partial charge in [0.1, 0.15) is 16.8 Å². The fraction of sp³-hybridized carbons (Fsp3) is 0. The summed E-state index contributed by atoms with van der Waals surface area (Å²) in [6.07, 6.45) is 2.08. The first-order chi connectivity index (χ1) is 23.3. The van der Waals surface area contributed by atoms with Crippen LogP contribution in [0.4, 0.5) is 0 Å². The third-order valence-electron chi connectivity index (χ3n) is 9.36. The molecule has 0 aliphatic carbocycles. The molecule has 4 nitrogen and oxygen atoms in total. The van der Waals surface area contributed by atoms with Crippen LogP contribution in [-0.4, -0.2) is 14.0 Å². The van der Waals surface area contributed by atoms with Gasteiger partial charge in [-0.3, -0.25) is 4.40 Å². The van der Waals surface area contributed by atoms with E-state index in [0.717, 1.165) is 77.8 Å². The van der Waals surface area contributed by atoms with E-state index in [4.69, 9.17) is 9.40 Å². The summed E-state index contributed by atoms with van der Waals surface area (Å²) in [6.45, 7) is 0. The Hall–Kier alpha value is -6.39. The molecule has 0 saturated heterocycles. The smallest absolute Gasteiger partial charge is 0.145 e. The number of imidazole rings is 1. The normalized spacial score (nSPS) is 11.8. The summed E-state index contributed by atoms with van der Waals surface area (Å²) in [5.74, 6) is 0. The lowest BCUT2D eigenvalue weighted by Gasteiger charge is -2.07. The minimum atomic E-state index is 0.900. The number of furan rings is 1. The first kappa shape index (κ1) is 25.9. The van der Waals surface area contributed by atoms with Crippen LogP contribution in [0.25, 0.3) is 88.7 Å². The molecule has 10 rings (SSSR count). The fourth-order valence-corrected chi connectivity index (χ4v) is 7.27. The quantitative estimate of drug-likeness (QED) is 0.201. The number of rotatable bonds is 4. The second kappa shape index (κ2) is 10.1. The van der Waals surface area contributed by atoms with Gasteiger partial charge in [-0.15, -0.1) is 0 Å². The lowest BCUT2D eigenvalue weighted by Crippen LogP contribution is -1.92. The molecule has 4 heteroatoms. The molecule has 10 aromatic rings. The summed E-state index contributed by atoms with van der Waals surface area (Å²) in [6, 6.07) is 55.4. The predicted molar refractivity (Wildman–Crippen MR) is 193 cm³/mol. The van der Waals surface area contributed by atoms with Crippen molar-refractivity contribution in [2.24, 2.45) is 0 Å². The zero-order valence-electron chi connectivity index (χ0n) is 25.3. The molecular formula is C43H27N3O. The maximum absolute atomic E-state index is 6.91. The van der Waals surface area contributed by atoms with Crippen molar-refractivity contribution in [3.05, 3.63) is 164 Å². The molecule has 0 atom stereocenters. The molecule has 4 heterocycles. The van der Waals surface area contributed by atoms with E-state index in [1.165, 1.54) is 10.9 Å². The van der Waals surface area contributed by atoms with E-state index in [0.29, 0.717) is 0 Å². The van der Waals surface area contributed by atoms with E-state index in [9.17, 15) is 0 Å². The molecular weight excluding hydrogens is 574 g/mol. The number of hydrogen-bond donors (Lipinski definition) is 0. The van der Waals surface area contributed by atoms with Crippen molar-refractivity contribution in [2.45, 2.75) is 0 Å². The molecule has 0 amide bonds. The molecule has 0 N–H and O–H groups in total. The minimum Gasteiger partial charge on any atom is -0.455 e. The van der Waals surface area contributed by atoms with Gasteiger partial charge in [0.15, 0.2) is 0 Å². The van der Waals surface area contributed by atoms with Gasteiger partial charge in [0.05, 0.1) is 27.8 Å². The van der Waals surface area contributed by atoms with Crippen LogP contribution in [0.2, 0.25) is 0 Å². The average molecular weight is 602 g/mol. The fourth-order valence-electron chi connectivity index (χ4n) is 7.27. The van der Waals surface area contributed by atoms with Gasteiger partial charge >= 0.3 is 0 Å². The Bertz CT molecular complexity index is 2770. The number of para-hydroxylation sites is 3. The molecule has 0 aliphatic rings. The first-order valence-corrected chi connectivity index (χ1v) is 15.9. The van der Waals surface area contributed by atoms with Crippen molar-refractivity contribution in [1.29, 1.82) is 0 Å². The van der Waals surface area contributed by atoms with E-state index < -0.39 is 0 Å². The van der Waals surface area contributed by atoms with E-state index in [2.05, 4.69) is 161 Å². The van der Waals surface area contributed by atoms with Gasteiger partial charge in [-0.2, -0.15) is 0 Å². The van der Waals surface area contributed by atoms with Gasteiger partial charge in [0, 0.05) is 44.7 Å². The Labute approximate surface area is 270 Å². The van der Waals surface area contributed by atoms with Crippen molar-refractivity contribution in [1.82, 2.24) is 14.0 Å². The van der Waals surface area contributed by atoms with Crippen LogP contribution in [0, 0.1) is 0 Å². The topological polar surface area (TPSA) is 35.4 Å². The summed E-state index contributed by atoms with van der Waals surface area (Å²) in [5, 5.41) is 4.56. The lowest BCUT2D eigenvalue weighted by atomic mass is 9.99. The van der Waals surface area contributed by atoms with Gasteiger partial charge < -0.3 is 8.98 Å². The molecule has 47 heavy (non-hydrogen) atoms. The summed E-state index contributed by atoms with van der Waals surface area (Å²) >= 11 is 0. The van der Waals surface area contributed by atoms with Crippen molar-refractivity contribution in [3.8, 4) is 39.3 Å². The molecule has 0 fully saturated rings. The zero-order chi connectivity index (χ0) is 30.9. The van der Waals surface area contributed by atoms with Crippen LogP contribution >= 0.6 is 0 Å². The van der Waals surface area contributed by atoms with Gasteiger partial charge in [0.25, 0.3) is 0 Å². The Kier molecular flexibility index (Phi) is 5.54. The van der Waals surface area contributed by atoms with Crippen molar-refractivity contribution in [2.75, 3.05) is 0 Å². The monoisotopic (exact) mass is 601 g/mol. The lowest BCUT2D eigenvalue weighted by molar-refractivity contribution is 0.674. The van der Waals surface area contributed by atoms with Crippen LogP contribution in [-0.2, 0) is 0 Å². The highest BCUT2D eigenvalue weighted by molar-refractivity contribution is 6.24. The van der Waals surface area contributed by atoms with Crippen LogP contribution in [0.15, 0.2) is 168 Å². The van der Waals surface area contributed by atoms with Crippen LogP contribution in [0.1, 0.15) is 0 Å². The summed E-state index contributed by atoms with van der Waals surface area (Å²) in [4.78, 5) is 5.06. The first-order valence-electron chi connectivity index (χ1n) is 15.9. The molecule has 0 aliphatic heterocycles. The molecule has 4 aromatic heterocycles. The molecule has 6 aromatic carbocycles. The number of fused-ring (bicyclic) bond motifs is 8. The van der Waals surface area contributed by atoms with E-state index >= 15 is 0 Å². The van der Waals surface area contributed by atoms with Crippen LogP contribution in [0.3, 0.4) is 0 Å². The summed E-state index contributed by atoms with van der Waals surface area (Å²) in [7, 11) is 0. The summed E-state index contributed by atoms with van der Waals surface area (Å²) < 4.78 is 11.4. The highest BCUT2D eigenvalue weighted by Crippen LogP contribution is 2.43. The van der Waals surface area contributed by atoms with E-state index in [-0.39, 0.29) is 0 Å². The van der Waals surface area contributed by atoms with E-state index in [1.807, 2.05) is 12.1 Å². The number of hydrogen-bond acceptors (Lipinski definition) is 2. The van der Waals surface area contributed by atoms with Crippen LogP contribution in [0.5, 0.6) is 0 Å².